The molecule has 1 saturated heterocycles. The molecule has 1 atom stereocenters. The van der Waals surface area contributed by atoms with Crippen LogP contribution in [0.25, 0.3) is 0 Å². The molecule has 1 unspecified atom stereocenters. The van der Waals surface area contributed by atoms with Crippen LogP contribution in [0, 0.1) is 0 Å². The molecule has 2 aromatic carbocycles. The van der Waals surface area contributed by atoms with Crippen molar-refractivity contribution in [1.82, 2.24) is 9.88 Å². The van der Waals surface area contributed by atoms with Crippen molar-refractivity contribution in [3.63, 3.8) is 0 Å². The number of methoxy groups -OCH3 is 2. The molecule has 41 heavy (non-hydrogen) atoms. The van der Waals surface area contributed by atoms with E-state index in [9.17, 15) is 5.11 Å². The Morgan fingerprint density at radius 3 is 2.44 bits per heavy atom. The number of anilines is 1. The average Bonchev–Trinajstić information content (AvgIpc) is 3.28. The lowest BCUT2D eigenvalue weighted by atomic mass is 9.79. The Balaban J connectivity index is 1.31. The molecule has 1 fully saturated rings. The zero-order chi connectivity index (χ0) is 28.6. The summed E-state index contributed by atoms with van der Waals surface area (Å²) in [5.74, 6) is 2.85. The first-order valence-corrected chi connectivity index (χ1v) is 15.2. The van der Waals surface area contributed by atoms with Gasteiger partial charge in [0.25, 0.3) is 0 Å². The van der Waals surface area contributed by atoms with Crippen molar-refractivity contribution in [2.75, 3.05) is 51.9 Å². The van der Waals surface area contributed by atoms with E-state index in [1.54, 1.807) is 20.3 Å². The van der Waals surface area contributed by atoms with Gasteiger partial charge in [-0.3, -0.25) is 4.90 Å². The molecule has 1 aromatic heterocycles. The summed E-state index contributed by atoms with van der Waals surface area (Å²) in [5.41, 5.74) is 6.12. The van der Waals surface area contributed by atoms with Gasteiger partial charge in [-0.15, -0.1) is 0 Å². The van der Waals surface area contributed by atoms with Gasteiger partial charge in [-0.25, -0.2) is 4.98 Å². The highest BCUT2D eigenvalue weighted by Gasteiger charge is 2.26. The summed E-state index contributed by atoms with van der Waals surface area (Å²) < 4.78 is 17.5. The highest BCUT2D eigenvalue weighted by atomic mass is 16.5. The van der Waals surface area contributed by atoms with Gasteiger partial charge in [0.05, 0.1) is 14.2 Å². The molecule has 0 bridgehead atoms. The van der Waals surface area contributed by atoms with Gasteiger partial charge in [-0.1, -0.05) is 25.0 Å². The lowest BCUT2D eigenvalue weighted by Gasteiger charge is -2.32. The van der Waals surface area contributed by atoms with Gasteiger partial charge in [0.1, 0.15) is 12.4 Å². The number of aromatic nitrogens is 1. The van der Waals surface area contributed by atoms with E-state index >= 15 is 0 Å². The number of hydrogen-bond donors (Lipinski definition) is 1. The largest absolute Gasteiger partial charge is 0.508 e. The van der Waals surface area contributed by atoms with Gasteiger partial charge < -0.3 is 24.2 Å². The van der Waals surface area contributed by atoms with Gasteiger partial charge in [-0.2, -0.15) is 0 Å². The minimum Gasteiger partial charge on any atom is -0.508 e. The molecular formula is C34H45N3O4. The van der Waals surface area contributed by atoms with Crippen LogP contribution >= 0.6 is 0 Å². The molecule has 1 aliphatic carbocycles. The fraction of sp³-hybridized carbons (Fsp3) is 0.500. The zero-order valence-electron chi connectivity index (χ0n) is 24.9. The number of likely N-dealkylation sites (tertiary alicyclic amines) is 1. The van der Waals surface area contributed by atoms with E-state index < -0.39 is 0 Å². The Kier molecular flexibility index (Phi) is 9.88. The maximum Gasteiger partial charge on any atom is 0.213 e. The van der Waals surface area contributed by atoms with Crippen molar-refractivity contribution in [2.45, 2.75) is 64.3 Å². The third-order valence-corrected chi connectivity index (χ3v) is 8.64. The van der Waals surface area contributed by atoms with Crippen molar-refractivity contribution in [1.29, 1.82) is 0 Å². The standard InChI is InChI=1S/C34H45N3O4/c1-4-37(24-25-9-14-34(35-23-25)41-18-17-36-15-7-5-6-8-16-36)31-22-33(40-3)32(39-2)21-30(31)28-11-10-27-20-29(38)13-12-26(27)19-28/h9,12-14,20-23,28,38H,4-8,10-11,15-19,24H2,1-3H3. The number of phenolic OH excluding ortho intramolecular Hbond substituents is 1. The van der Waals surface area contributed by atoms with E-state index in [-0.39, 0.29) is 0 Å². The third-order valence-electron chi connectivity index (χ3n) is 8.64. The molecule has 0 amide bonds. The molecule has 0 saturated carbocycles. The lowest BCUT2D eigenvalue weighted by molar-refractivity contribution is 0.209. The monoisotopic (exact) mass is 559 g/mol. The number of pyridine rings is 1. The van der Waals surface area contributed by atoms with E-state index in [1.165, 1.54) is 55.5 Å². The van der Waals surface area contributed by atoms with E-state index in [4.69, 9.17) is 14.2 Å². The molecule has 0 spiro atoms. The minimum atomic E-state index is 0.341. The maximum absolute atomic E-state index is 9.96. The number of hydrogen-bond acceptors (Lipinski definition) is 7. The molecular weight excluding hydrogens is 514 g/mol. The van der Waals surface area contributed by atoms with Crippen LogP contribution < -0.4 is 19.1 Å². The number of nitrogens with zero attached hydrogens (tertiary/aromatic N) is 3. The maximum atomic E-state index is 9.96. The normalized spacial score (nSPS) is 17.4. The van der Waals surface area contributed by atoms with Crippen LogP contribution in [0.2, 0.25) is 0 Å². The molecule has 0 radical (unpaired) electrons. The number of aryl methyl sites for hydroxylation is 1. The van der Waals surface area contributed by atoms with Crippen LogP contribution in [0.3, 0.4) is 0 Å². The summed E-state index contributed by atoms with van der Waals surface area (Å²) in [6, 6.07) is 14.2. The molecule has 220 valence electrons. The smallest absolute Gasteiger partial charge is 0.213 e. The van der Waals surface area contributed by atoms with Crippen LogP contribution in [-0.2, 0) is 19.4 Å². The number of phenols is 1. The van der Waals surface area contributed by atoms with Crippen LogP contribution in [-0.4, -0.2) is 62.0 Å². The molecule has 7 nitrogen and oxygen atoms in total. The van der Waals surface area contributed by atoms with Crippen molar-refractivity contribution < 1.29 is 19.3 Å². The highest BCUT2D eigenvalue weighted by Crippen LogP contribution is 2.43. The summed E-state index contributed by atoms with van der Waals surface area (Å²) in [5, 5.41) is 9.96. The first kappa shape index (κ1) is 29.1. The summed E-state index contributed by atoms with van der Waals surface area (Å²) in [4.78, 5) is 9.53. The van der Waals surface area contributed by atoms with Crippen molar-refractivity contribution in [3.05, 3.63) is 70.9 Å². The van der Waals surface area contributed by atoms with Crippen LogP contribution in [0.5, 0.6) is 23.1 Å². The first-order valence-electron chi connectivity index (χ1n) is 15.2. The molecule has 2 aliphatic rings. The van der Waals surface area contributed by atoms with Gasteiger partial charge in [0.15, 0.2) is 11.5 Å². The summed E-state index contributed by atoms with van der Waals surface area (Å²) >= 11 is 0. The molecule has 2 heterocycles. The minimum absolute atomic E-state index is 0.341. The number of ether oxygens (including phenoxy) is 3. The first-order chi connectivity index (χ1) is 20.1. The van der Waals surface area contributed by atoms with E-state index in [2.05, 4.69) is 46.0 Å². The molecule has 1 N–H and O–H groups in total. The predicted octanol–water partition coefficient (Wildman–Crippen LogP) is 6.36. The second kappa shape index (κ2) is 13.9. The average molecular weight is 560 g/mol. The van der Waals surface area contributed by atoms with Crippen molar-refractivity contribution in [2.24, 2.45) is 0 Å². The number of aromatic hydroxyl groups is 1. The second-order valence-corrected chi connectivity index (χ2v) is 11.3. The Morgan fingerprint density at radius 1 is 0.951 bits per heavy atom. The molecule has 5 rings (SSSR count). The second-order valence-electron chi connectivity index (χ2n) is 11.3. The SMILES string of the molecule is CCN(Cc1ccc(OCCN2CCCCCC2)nc1)c1cc(OC)c(OC)cc1C1CCc2cc(O)ccc2C1. The fourth-order valence-corrected chi connectivity index (χ4v) is 6.31. The quantitative estimate of drug-likeness (QED) is 0.293. The van der Waals surface area contributed by atoms with Crippen molar-refractivity contribution in [3.8, 4) is 23.1 Å². The Bertz CT molecular complexity index is 1270. The lowest BCUT2D eigenvalue weighted by Crippen LogP contribution is -2.29. The van der Waals surface area contributed by atoms with Gasteiger partial charge in [0, 0.05) is 43.7 Å². The zero-order valence-corrected chi connectivity index (χ0v) is 24.9. The van der Waals surface area contributed by atoms with Crippen LogP contribution in [0.4, 0.5) is 5.69 Å². The predicted molar refractivity (Wildman–Crippen MR) is 164 cm³/mol. The fourth-order valence-electron chi connectivity index (χ4n) is 6.31. The summed E-state index contributed by atoms with van der Waals surface area (Å²) in [7, 11) is 3.39. The molecule has 7 heteroatoms. The van der Waals surface area contributed by atoms with E-state index in [0.29, 0.717) is 24.2 Å². The Labute approximate surface area is 245 Å². The molecule has 3 aromatic rings. The number of rotatable bonds is 11. The van der Waals surface area contributed by atoms with Gasteiger partial charge >= 0.3 is 0 Å². The van der Waals surface area contributed by atoms with E-state index in [0.717, 1.165) is 61.6 Å². The third kappa shape index (κ3) is 7.25. The van der Waals surface area contributed by atoms with Crippen LogP contribution in [0.1, 0.15) is 67.2 Å². The number of fused-ring (bicyclic) bond motifs is 1. The summed E-state index contributed by atoms with van der Waals surface area (Å²) in [6.07, 6.45) is 10.1. The Morgan fingerprint density at radius 2 is 1.73 bits per heavy atom. The molecule has 1 aliphatic heterocycles. The van der Waals surface area contributed by atoms with Gasteiger partial charge in [-0.05, 0) is 98.5 Å². The van der Waals surface area contributed by atoms with Gasteiger partial charge in [0.2, 0.25) is 5.88 Å². The van der Waals surface area contributed by atoms with E-state index in [1.807, 2.05) is 18.3 Å². The van der Waals surface area contributed by atoms with Crippen molar-refractivity contribution >= 4 is 5.69 Å². The Hall–Kier alpha value is -3.45. The van der Waals surface area contributed by atoms with Crippen LogP contribution in [0.15, 0.2) is 48.7 Å². The topological polar surface area (TPSA) is 67.3 Å². The summed E-state index contributed by atoms with van der Waals surface area (Å²) in [6.45, 7) is 7.75. The highest BCUT2D eigenvalue weighted by molar-refractivity contribution is 5.64. The number of benzene rings is 2.